The molecule has 0 aliphatic rings. The summed E-state index contributed by atoms with van der Waals surface area (Å²) in [7, 11) is 0. The first kappa shape index (κ1) is 12.7. The van der Waals surface area contributed by atoms with Crippen LogP contribution in [0.15, 0.2) is 22.8 Å². The van der Waals surface area contributed by atoms with E-state index in [4.69, 9.17) is 23.2 Å². The van der Waals surface area contributed by atoms with Crippen LogP contribution in [0.4, 0.5) is 5.69 Å². The number of hydrogen-bond acceptors (Lipinski definition) is 2. The van der Waals surface area contributed by atoms with Crippen molar-refractivity contribution in [2.75, 3.05) is 5.32 Å². The maximum absolute atomic E-state index is 6.10. The molecule has 0 saturated heterocycles. The molecule has 90 valence electrons. The monoisotopic (exact) mass is 333 g/mol. The fourth-order valence-corrected chi connectivity index (χ4v) is 2.80. The van der Waals surface area contributed by atoms with E-state index < -0.39 is 0 Å². The number of nitrogens with one attached hydrogen (secondary N) is 2. The van der Waals surface area contributed by atoms with E-state index in [1.165, 1.54) is 0 Å². The van der Waals surface area contributed by atoms with Gasteiger partial charge in [-0.2, -0.15) is 0 Å². The molecule has 2 rings (SSSR count). The number of benzene rings is 1. The van der Waals surface area contributed by atoms with E-state index in [0.717, 1.165) is 21.7 Å². The van der Waals surface area contributed by atoms with Crippen molar-refractivity contribution in [2.45, 2.75) is 13.5 Å². The molecule has 1 heterocycles. The van der Waals surface area contributed by atoms with Gasteiger partial charge in [0.05, 0.1) is 34.2 Å². The van der Waals surface area contributed by atoms with Crippen molar-refractivity contribution in [1.29, 1.82) is 0 Å². The number of anilines is 1. The number of rotatable bonds is 3. The summed E-state index contributed by atoms with van der Waals surface area (Å²) in [6.07, 6.45) is 1.78. The average molecular weight is 335 g/mol. The summed E-state index contributed by atoms with van der Waals surface area (Å²) in [4.78, 5) is 7.25. The fourth-order valence-electron chi connectivity index (χ4n) is 1.46. The third-order valence-corrected chi connectivity index (χ3v) is 3.27. The van der Waals surface area contributed by atoms with Gasteiger partial charge in [0, 0.05) is 4.47 Å². The Bertz CT molecular complexity index is 516. The molecule has 0 amide bonds. The normalized spacial score (nSPS) is 10.6. The number of hydrogen-bond donors (Lipinski definition) is 2. The van der Waals surface area contributed by atoms with E-state index in [1.54, 1.807) is 18.3 Å². The first-order valence-electron chi connectivity index (χ1n) is 4.95. The van der Waals surface area contributed by atoms with Crippen molar-refractivity contribution in [3.05, 3.63) is 44.4 Å². The van der Waals surface area contributed by atoms with Gasteiger partial charge in [-0.3, -0.25) is 0 Å². The highest BCUT2D eigenvalue weighted by atomic mass is 79.9. The first-order valence-corrected chi connectivity index (χ1v) is 6.50. The Kier molecular flexibility index (Phi) is 3.97. The Morgan fingerprint density at radius 2 is 2.00 bits per heavy atom. The van der Waals surface area contributed by atoms with Crippen LogP contribution >= 0.6 is 39.1 Å². The zero-order valence-electron chi connectivity index (χ0n) is 9.02. The predicted molar refractivity (Wildman–Crippen MR) is 74.8 cm³/mol. The highest BCUT2D eigenvalue weighted by Gasteiger charge is 2.07. The van der Waals surface area contributed by atoms with Crippen molar-refractivity contribution in [3.8, 4) is 0 Å². The molecule has 0 bridgehead atoms. The third kappa shape index (κ3) is 3.15. The summed E-state index contributed by atoms with van der Waals surface area (Å²) in [6.45, 7) is 2.50. The lowest BCUT2D eigenvalue weighted by molar-refractivity contribution is 1.05. The average Bonchev–Trinajstić information content (AvgIpc) is 2.62. The number of aromatic nitrogens is 2. The highest BCUT2D eigenvalue weighted by molar-refractivity contribution is 9.10. The molecule has 17 heavy (non-hydrogen) atoms. The van der Waals surface area contributed by atoms with Crippen LogP contribution in [0.1, 0.15) is 11.5 Å². The van der Waals surface area contributed by atoms with E-state index in [9.17, 15) is 0 Å². The lowest BCUT2D eigenvalue weighted by Gasteiger charge is -2.09. The second kappa shape index (κ2) is 5.29. The Labute approximate surface area is 118 Å². The lowest BCUT2D eigenvalue weighted by atomic mass is 10.3. The molecule has 0 spiro atoms. The number of H-pyrrole nitrogens is 1. The number of imidazole rings is 1. The van der Waals surface area contributed by atoms with E-state index in [0.29, 0.717) is 16.6 Å². The molecule has 0 fully saturated rings. The summed E-state index contributed by atoms with van der Waals surface area (Å²) in [6, 6.07) is 3.60. The zero-order chi connectivity index (χ0) is 12.4. The maximum Gasteiger partial charge on any atom is 0.103 e. The molecule has 2 aromatic rings. The molecule has 1 aromatic heterocycles. The van der Waals surface area contributed by atoms with Gasteiger partial charge in [0.1, 0.15) is 5.82 Å². The molecule has 0 radical (unpaired) electrons. The van der Waals surface area contributed by atoms with Crippen LogP contribution in [0.3, 0.4) is 0 Å². The molecule has 3 nitrogen and oxygen atoms in total. The van der Waals surface area contributed by atoms with Gasteiger partial charge in [0.25, 0.3) is 0 Å². The van der Waals surface area contributed by atoms with Gasteiger partial charge in [-0.05, 0) is 19.1 Å². The fraction of sp³-hybridized carbons (Fsp3) is 0.182. The van der Waals surface area contributed by atoms with Crippen LogP contribution in [0, 0.1) is 6.92 Å². The van der Waals surface area contributed by atoms with E-state index in [1.807, 2.05) is 6.92 Å². The standard InChI is InChI=1S/C11H10BrCl2N3/c1-6-15-4-8(17-6)5-16-11-9(13)2-7(12)3-10(11)14/h2-4,16H,5H2,1H3,(H,15,17). The molecule has 0 aliphatic heterocycles. The molecular formula is C11H10BrCl2N3. The van der Waals surface area contributed by atoms with Gasteiger partial charge < -0.3 is 10.3 Å². The second-order valence-corrected chi connectivity index (χ2v) is 5.32. The van der Waals surface area contributed by atoms with Crippen molar-refractivity contribution in [2.24, 2.45) is 0 Å². The molecule has 0 aliphatic carbocycles. The smallest absolute Gasteiger partial charge is 0.103 e. The van der Waals surface area contributed by atoms with E-state index in [-0.39, 0.29) is 0 Å². The van der Waals surface area contributed by atoms with Gasteiger partial charge in [-0.15, -0.1) is 0 Å². The highest BCUT2D eigenvalue weighted by Crippen LogP contribution is 2.33. The van der Waals surface area contributed by atoms with Gasteiger partial charge >= 0.3 is 0 Å². The predicted octanol–water partition coefficient (Wildman–Crippen LogP) is 4.40. The number of halogens is 3. The summed E-state index contributed by atoms with van der Waals surface area (Å²) in [5.74, 6) is 0.884. The quantitative estimate of drug-likeness (QED) is 0.873. The minimum atomic E-state index is 0.584. The van der Waals surface area contributed by atoms with Crippen LogP contribution in [0.25, 0.3) is 0 Å². The Morgan fingerprint density at radius 1 is 1.35 bits per heavy atom. The molecule has 1 aromatic carbocycles. The Balaban J connectivity index is 2.14. The lowest BCUT2D eigenvalue weighted by Crippen LogP contribution is -2.01. The second-order valence-electron chi connectivity index (χ2n) is 3.59. The topological polar surface area (TPSA) is 40.7 Å². The van der Waals surface area contributed by atoms with Gasteiger partial charge in [0.2, 0.25) is 0 Å². The number of aromatic amines is 1. The third-order valence-electron chi connectivity index (χ3n) is 2.22. The van der Waals surface area contributed by atoms with Gasteiger partial charge in [-0.25, -0.2) is 4.98 Å². The van der Waals surface area contributed by atoms with Crippen LogP contribution in [-0.4, -0.2) is 9.97 Å². The van der Waals surface area contributed by atoms with Crippen molar-refractivity contribution in [3.63, 3.8) is 0 Å². The molecule has 2 N–H and O–H groups in total. The number of nitrogens with zero attached hydrogens (tertiary/aromatic N) is 1. The summed E-state index contributed by atoms with van der Waals surface area (Å²) in [5.41, 5.74) is 1.71. The van der Waals surface area contributed by atoms with Crippen molar-refractivity contribution in [1.82, 2.24) is 9.97 Å². The summed E-state index contributed by atoms with van der Waals surface area (Å²) >= 11 is 15.5. The van der Waals surface area contributed by atoms with Crippen LogP contribution < -0.4 is 5.32 Å². The Hall–Kier alpha value is -0.710. The van der Waals surface area contributed by atoms with Crippen LogP contribution in [0.2, 0.25) is 10.0 Å². The summed E-state index contributed by atoms with van der Waals surface area (Å²) < 4.78 is 0.857. The largest absolute Gasteiger partial charge is 0.377 e. The minimum absolute atomic E-state index is 0.584. The molecular weight excluding hydrogens is 325 g/mol. The van der Waals surface area contributed by atoms with Crippen LogP contribution in [-0.2, 0) is 6.54 Å². The Morgan fingerprint density at radius 3 is 2.53 bits per heavy atom. The first-order chi connectivity index (χ1) is 8.06. The minimum Gasteiger partial charge on any atom is -0.377 e. The van der Waals surface area contributed by atoms with Crippen molar-refractivity contribution < 1.29 is 0 Å². The molecule has 6 heteroatoms. The number of aryl methyl sites for hydroxylation is 1. The van der Waals surface area contributed by atoms with E-state index >= 15 is 0 Å². The van der Waals surface area contributed by atoms with Gasteiger partial charge in [0.15, 0.2) is 0 Å². The molecule has 0 saturated carbocycles. The zero-order valence-corrected chi connectivity index (χ0v) is 12.1. The van der Waals surface area contributed by atoms with Crippen LogP contribution in [0.5, 0.6) is 0 Å². The SMILES string of the molecule is Cc1ncc(CNc2c(Cl)cc(Br)cc2Cl)[nH]1. The van der Waals surface area contributed by atoms with E-state index in [2.05, 4.69) is 31.2 Å². The molecule has 0 atom stereocenters. The van der Waals surface area contributed by atoms with Gasteiger partial charge in [-0.1, -0.05) is 39.1 Å². The van der Waals surface area contributed by atoms with Crippen molar-refractivity contribution >= 4 is 44.8 Å². The summed E-state index contributed by atoms with van der Waals surface area (Å²) in [5, 5.41) is 4.35. The molecule has 0 unspecified atom stereocenters. The maximum atomic E-state index is 6.10.